The van der Waals surface area contributed by atoms with E-state index in [1.807, 2.05) is 0 Å². The summed E-state index contributed by atoms with van der Waals surface area (Å²) in [6, 6.07) is 0. The second-order valence-corrected chi connectivity index (χ2v) is 14.0. The van der Waals surface area contributed by atoms with Crippen molar-refractivity contribution in [2.75, 3.05) is 25.6 Å². The number of nitrogens with two attached hydrogens (primary N) is 1. The molecule has 4 saturated heterocycles. The number of aromatic amines is 1. The third-order valence-electron chi connectivity index (χ3n) is 8.47. The number of phosphoric ester groups is 2. The van der Waals surface area contributed by atoms with E-state index in [0.29, 0.717) is 0 Å². The molecule has 0 aliphatic carbocycles. The molecule has 0 saturated carbocycles. The lowest BCUT2D eigenvalue weighted by atomic mass is 9.96. The highest BCUT2D eigenvalue weighted by molar-refractivity contribution is 7.47. The van der Waals surface area contributed by atoms with E-state index < -0.39 is 94.2 Å². The molecular weight excluding hydrogens is 677 g/mol. The van der Waals surface area contributed by atoms with Gasteiger partial charge < -0.3 is 44.4 Å². The summed E-state index contributed by atoms with van der Waals surface area (Å²) in [4.78, 5) is 52.3. The van der Waals surface area contributed by atoms with Crippen LogP contribution in [0.25, 0.3) is 22.2 Å². The number of ether oxygens (including phenoxy) is 3. The van der Waals surface area contributed by atoms with Gasteiger partial charge in [-0.15, -0.1) is 0 Å². The van der Waals surface area contributed by atoms with Crippen LogP contribution < -0.4 is 11.3 Å². The van der Waals surface area contributed by atoms with Crippen molar-refractivity contribution in [3.05, 3.63) is 41.3 Å². The van der Waals surface area contributed by atoms with Gasteiger partial charge in [-0.3, -0.25) is 27.5 Å². The van der Waals surface area contributed by atoms with Crippen molar-refractivity contribution in [1.82, 2.24) is 34.1 Å². The number of nitrogens with zero attached hydrogens (tertiary/aromatic N) is 6. The first kappa shape index (κ1) is 31.1. The summed E-state index contributed by atoms with van der Waals surface area (Å²) in [6.45, 7) is -1.52. The van der Waals surface area contributed by atoms with E-state index in [4.69, 9.17) is 38.0 Å². The molecule has 0 spiro atoms. The summed E-state index contributed by atoms with van der Waals surface area (Å²) in [5.41, 5.74) is 3.89. The normalized spacial score (nSPS) is 39.4. The second-order valence-electron chi connectivity index (χ2n) is 11.2. The van der Waals surface area contributed by atoms with Gasteiger partial charge in [0.25, 0.3) is 5.56 Å². The SMILES string of the molecule is Nc1ncnc2c1ncn2[C@@H]1O[C@]23CCOP(=O)(O)O[C@@H]4[C@H](O)[C@@H](COP(=O)(O)O[C@H]2[C@H]1OC3)O[C@H]4n1cc(F)c2c(=O)[nH]cnc21. The van der Waals surface area contributed by atoms with Crippen LogP contribution in [0.4, 0.5) is 10.2 Å². The fourth-order valence-corrected chi connectivity index (χ4v) is 8.26. The highest BCUT2D eigenvalue weighted by Crippen LogP contribution is 2.57. The number of rotatable bonds is 2. The van der Waals surface area contributed by atoms with Crippen LogP contribution >= 0.6 is 15.6 Å². The van der Waals surface area contributed by atoms with Crippen LogP contribution in [0, 0.1) is 5.82 Å². The van der Waals surface area contributed by atoms with Crippen molar-refractivity contribution in [1.29, 1.82) is 0 Å². The van der Waals surface area contributed by atoms with Crippen molar-refractivity contribution in [3.63, 3.8) is 0 Å². The Labute approximate surface area is 260 Å². The zero-order valence-corrected chi connectivity index (χ0v) is 25.4. The van der Waals surface area contributed by atoms with E-state index in [-0.39, 0.29) is 35.7 Å². The molecule has 4 bridgehead atoms. The number of nitrogens with one attached hydrogen (secondary N) is 1. The summed E-state index contributed by atoms with van der Waals surface area (Å²) < 4.78 is 83.3. The first-order valence-electron chi connectivity index (χ1n) is 14.0. The predicted molar refractivity (Wildman–Crippen MR) is 148 cm³/mol. The third kappa shape index (κ3) is 5.04. The average Bonchev–Trinajstić information content (AvgIpc) is 3.80. The van der Waals surface area contributed by atoms with E-state index >= 15 is 0 Å². The smallest absolute Gasteiger partial charge is 0.387 e. The topological polar surface area (TPSA) is 280 Å². The lowest BCUT2D eigenvalue weighted by molar-refractivity contribution is -0.177. The fourth-order valence-electron chi connectivity index (χ4n) is 6.34. The fraction of sp³-hybridized carbons (Fsp3) is 0.522. The molecule has 0 radical (unpaired) electrons. The van der Waals surface area contributed by atoms with Crippen LogP contribution in [0.5, 0.6) is 0 Å². The number of H-pyrrole nitrogens is 1. The lowest BCUT2D eigenvalue weighted by Gasteiger charge is -2.32. The molecular formula is C23H25FN8O13P2. The number of imidazole rings is 1. The predicted octanol–water partition coefficient (Wildman–Crippen LogP) is -0.381. The van der Waals surface area contributed by atoms with Crippen LogP contribution in [-0.4, -0.2) is 105 Å². The molecule has 0 amide bonds. The summed E-state index contributed by atoms with van der Waals surface area (Å²) >= 11 is 0. The number of fused-ring (bicyclic) bond motifs is 4. The zero-order chi connectivity index (χ0) is 32.9. The monoisotopic (exact) mass is 702 g/mol. The number of phosphoric acid groups is 2. The first-order chi connectivity index (χ1) is 22.4. The summed E-state index contributed by atoms with van der Waals surface area (Å²) in [5.74, 6) is -0.901. The van der Waals surface area contributed by atoms with Crippen molar-refractivity contribution in [3.8, 4) is 0 Å². The van der Waals surface area contributed by atoms with Crippen LogP contribution in [0.15, 0.2) is 30.0 Å². The Hall–Kier alpha value is -3.24. The Bertz CT molecular complexity index is 2040. The zero-order valence-electron chi connectivity index (χ0n) is 23.6. The van der Waals surface area contributed by atoms with Gasteiger partial charge >= 0.3 is 15.6 Å². The molecule has 47 heavy (non-hydrogen) atoms. The molecule has 21 nitrogen and oxygen atoms in total. The maximum atomic E-state index is 14.8. The second kappa shape index (κ2) is 10.9. The quantitative estimate of drug-likeness (QED) is 0.166. The molecule has 10 atom stereocenters. The van der Waals surface area contributed by atoms with E-state index in [1.54, 1.807) is 0 Å². The Morgan fingerprint density at radius 3 is 2.68 bits per heavy atom. The number of halogens is 1. The van der Waals surface area contributed by atoms with Crippen LogP contribution in [-0.2, 0) is 41.4 Å². The number of anilines is 1. The molecule has 4 fully saturated rings. The van der Waals surface area contributed by atoms with Gasteiger partial charge in [-0.05, 0) is 0 Å². The number of nitrogen functional groups attached to an aromatic ring is 1. The first-order valence-corrected chi connectivity index (χ1v) is 17.0. The maximum absolute atomic E-state index is 14.8. The number of aliphatic hydroxyl groups excluding tert-OH is 1. The van der Waals surface area contributed by atoms with Gasteiger partial charge in [0, 0.05) is 12.6 Å². The molecule has 24 heteroatoms. The molecule has 4 aliphatic rings. The van der Waals surface area contributed by atoms with Crippen molar-refractivity contribution < 1.29 is 60.7 Å². The molecule has 0 aromatic carbocycles. The summed E-state index contributed by atoms with van der Waals surface area (Å²) in [6.07, 6.45) is -5.79. The van der Waals surface area contributed by atoms with E-state index in [0.717, 1.165) is 17.1 Å². The van der Waals surface area contributed by atoms with Crippen molar-refractivity contribution in [2.45, 2.75) is 55.0 Å². The highest BCUT2D eigenvalue weighted by atomic mass is 31.2. The van der Waals surface area contributed by atoms with Gasteiger partial charge in [0.2, 0.25) is 0 Å². The van der Waals surface area contributed by atoms with Gasteiger partial charge in [0.15, 0.2) is 35.4 Å². The Kier molecular flexibility index (Phi) is 7.19. The summed E-state index contributed by atoms with van der Waals surface area (Å²) in [7, 11) is -10.0. The van der Waals surface area contributed by atoms with Gasteiger partial charge in [-0.25, -0.2) is 33.5 Å². The molecule has 6 N–H and O–H groups in total. The largest absolute Gasteiger partial charge is 0.472 e. The Balaban J connectivity index is 1.11. The molecule has 8 rings (SSSR count). The van der Waals surface area contributed by atoms with Crippen molar-refractivity contribution in [2.24, 2.45) is 0 Å². The molecule has 2 unspecified atom stereocenters. The van der Waals surface area contributed by atoms with E-state index in [9.17, 15) is 33.2 Å². The summed E-state index contributed by atoms with van der Waals surface area (Å²) in [5, 5.41) is 10.6. The lowest BCUT2D eigenvalue weighted by Crippen LogP contribution is -2.43. The number of hydrogen-bond acceptors (Lipinski definition) is 16. The van der Waals surface area contributed by atoms with Gasteiger partial charge in [0.05, 0.1) is 32.5 Å². The van der Waals surface area contributed by atoms with Crippen molar-refractivity contribution >= 4 is 43.7 Å². The molecule has 4 aromatic heterocycles. The Morgan fingerprint density at radius 2 is 1.85 bits per heavy atom. The van der Waals surface area contributed by atoms with Gasteiger partial charge in [-0.2, -0.15) is 0 Å². The van der Waals surface area contributed by atoms with Gasteiger partial charge in [-0.1, -0.05) is 0 Å². The minimum Gasteiger partial charge on any atom is -0.387 e. The molecule has 4 aromatic rings. The minimum atomic E-state index is -5.02. The molecule has 252 valence electrons. The van der Waals surface area contributed by atoms with Crippen LogP contribution in [0.3, 0.4) is 0 Å². The van der Waals surface area contributed by atoms with Crippen LogP contribution in [0.2, 0.25) is 0 Å². The number of aromatic nitrogens is 7. The average molecular weight is 702 g/mol. The highest BCUT2D eigenvalue weighted by Gasteiger charge is 2.65. The van der Waals surface area contributed by atoms with E-state index in [2.05, 4.69) is 24.9 Å². The number of aliphatic hydroxyl groups is 1. The Morgan fingerprint density at radius 1 is 1.04 bits per heavy atom. The third-order valence-corrected chi connectivity index (χ3v) is 10.5. The van der Waals surface area contributed by atoms with Crippen LogP contribution in [0.1, 0.15) is 18.9 Å². The minimum absolute atomic E-state index is 0.104. The van der Waals surface area contributed by atoms with Gasteiger partial charge in [0.1, 0.15) is 53.4 Å². The van der Waals surface area contributed by atoms with E-state index in [1.165, 1.54) is 17.2 Å². The standard InChI is InChI=1S/C23H25FN8O13P2/c24-9-3-31(18-11(9)20(34)29-7-27-18)21-14-13(33)10(42-21)4-41-47(37,38)45-16-15-22(32-8-30-12-17(25)26-6-28-19(12)32)43-23(16,5-39-15)1-2-40-46(35,36)44-14/h3,6-8,10,13-16,21-22,33H,1-2,4-5H2,(H,35,36)(H,37,38)(H2,25,26,28)(H,27,29,34)/t10-,13-,14-,15-,16+,21-,22-,23+/m1/s1. The molecule has 8 heterocycles. The molecule has 4 aliphatic heterocycles. The maximum Gasteiger partial charge on any atom is 0.472 e. The number of hydrogen-bond donors (Lipinski definition) is 5.